The fraction of sp³-hybridized carbons (Fsp3) is 0.417. The maximum atomic E-state index is 12.7. The lowest BCUT2D eigenvalue weighted by Crippen LogP contribution is -2.28. The van der Waals surface area contributed by atoms with Crippen LogP contribution in [0.15, 0.2) is 23.2 Å². The van der Waals surface area contributed by atoms with E-state index in [1.54, 1.807) is 14.0 Å². The van der Waals surface area contributed by atoms with E-state index in [-0.39, 0.29) is 27.7 Å². The standard InChI is InChI=1S/C24H26N4O8S3/c1-4-36-23(31)21-15-7-5-13(2)9-17(15)37-22(21)25-19(29)11-39(34,35)12-20(30)26-24-27(3)16-8-6-14(28(32)33)10-18(16)38-24/h6,8,10,13H,4-5,7,9,11-12H2,1-3H3,(H,25,29). The van der Waals surface area contributed by atoms with Crippen LogP contribution in [-0.2, 0) is 44.1 Å². The van der Waals surface area contributed by atoms with Crippen molar-refractivity contribution in [3.63, 3.8) is 0 Å². The number of ether oxygens (including phenoxy) is 1. The van der Waals surface area contributed by atoms with Gasteiger partial charge in [0.15, 0.2) is 14.6 Å². The Morgan fingerprint density at radius 2 is 2.00 bits per heavy atom. The molecular formula is C24H26N4O8S3. The Morgan fingerprint density at radius 1 is 1.26 bits per heavy atom. The second-order valence-electron chi connectivity index (χ2n) is 9.22. The molecule has 39 heavy (non-hydrogen) atoms. The lowest BCUT2D eigenvalue weighted by atomic mass is 9.88. The molecule has 1 atom stereocenters. The van der Waals surface area contributed by atoms with Gasteiger partial charge in [-0.25, -0.2) is 13.2 Å². The van der Waals surface area contributed by atoms with Crippen molar-refractivity contribution in [1.82, 2.24) is 4.57 Å². The zero-order valence-corrected chi connectivity index (χ0v) is 23.8. The number of nitro benzene ring substituents is 1. The first-order valence-electron chi connectivity index (χ1n) is 12.0. The molecule has 0 radical (unpaired) electrons. The monoisotopic (exact) mass is 594 g/mol. The van der Waals surface area contributed by atoms with Gasteiger partial charge < -0.3 is 14.6 Å². The van der Waals surface area contributed by atoms with E-state index in [2.05, 4.69) is 17.2 Å². The summed E-state index contributed by atoms with van der Waals surface area (Å²) >= 11 is 2.24. The first-order valence-corrected chi connectivity index (χ1v) is 15.5. The highest BCUT2D eigenvalue weighted by molar-refractivity contribution is 7.92. The predicted octanol–water partition coefficient (Wildman–Crippen LogP) is 2.99. The van der Waals surface area contributed by atoms with Gasteiger partial charge in [0.1, 0.15) is 16.5 Å². The number of carbonyl (C=O) groups excluding carboxylic acids is 3. The number of aryl methyl sites for hydroxylation is 1. The number of thiophene rings is 1. The molecule has 208 valence electrons. The highest BCUT2D eigenvalue weighted by Gasteiger charge is 2.30. The molecule has 1 aliphatic rings. The zero-order valence-electron chi connectivity index (χ0n) is 21.4. The maximum absolute atomic E-state index is 12.7. The minimum atomic E-state index is -4.20. The third-order valence-electron chi connectivity index (χ3n) is 6.16. The summed E-state index contributed by atoms with van der Waals surface area (Å²) < 4.78 is 32.5. The molecule has 2 heterocycles. The van der Waals surface area contributed by atoms with Gasteiger partial charge in [0.25, 0.3) is 11.6 Å². The molecule has 0 saturated carbocycles. The van der Waals surface area contributed by atoms with Crippen LogP contribution in [0.1, 0.15) is 41.1 Å². The summed E-state index contributed by atoms with van der Waals surface area (Å²) in [6.07, 6.45) is 2.30. The van der Waals surface area contributed by atoms with Crippen molar-refractivity contribution < 1.29 is 32.5 Å². The summed E-state index contributed by atoms with van der Waals surface area (Å²) in [4.78, 5) is 53.3. The molecule has 2 amide bonds. The van der Waals surface area contributed by atoms with Crippen molar-refractivity contribution in [3.05, 3.63) is 49.1 Å². The molecule has 2 aromatic heterocycles. The summed E-state index contributed by atoms with van der Waals surface area (Å²) in [7, 11) is -2.60. The number of amides is 2. The number of anilines is 1. The third kappa shape index (κ3) is 6.42. The van der Waals surface area contributed by atoms with Gasteiger partial charge in [-0.3, -0.25) is 19.7 Å². The number of nitrogens with one attached hydrogen (secondary N) is 1. The molecule has 0 bridgehead atoms. The average Bonchev–Trinajstić information content (AvgIpc) is 3.33. The van der Waals surface area contributed by atoms with Gasteiger partial charge in [0.05, 0.1) is 27.3 Å². The molecule has 0 spiro atoms. The number of esters is 1. The highest BCUT2D eigenvalue weighted by Crippen LogP contribution is 2.40. The fourth-order valence-corrected chi connectivity index (χ4v) is 7.84. The largest absolute Gasteiger partial charge is 0.462 e. The Balaban J connectivity index is 1.49. The number of sulfone groups is 1. The number of nitrogens with zero attached hydrogens (tertiary/aromatic N) is 3. The molecule has 12 nitrogen and oxygen atoms in total. The van der Waals surface area contributed by atoms with Crippen LogP contribution in [0, 0.1) is 16.0 Å². The van der Waals surface area contributed by atoms with Crippen LogP contribution in [0.3, 0.4) is 0 Å². The number of rotatable bonds is 8. The molecule has 1 aliphatic carbocycles. The quantitative estimate of drug-likeness (QED) is 0.236. The van der Waals surface area contributed by atoms with Gasteiger partial charge >= 0.3 is 5.97 Å². The Kier molecular flexibility index (Phi) is 8.32. The Bertz CT molecular complexity index is 1670. The van der Waals surface area contributed by atoms with E-state index in [1.807, 2.05) is 0 Å². The van der Waals surface area contributed by atoms with E-state index in [4.69, 9.17) is 4.74 Å². The van der Waals surface area contributed by atoms with Gasteiger partial charge in [-0.2, -0.15) is 4.99 Å². The smallest absolute Gasteiger partial charge is 0.341 e. The number of carbonyl (C=O) groups is 3. The van der Waals surface area contributed by atoms with Crippen LogP contribution in [0.2, 0.25) is 0 Å². The highest BCUT2D eigenvalue weighted by atomic mass is 32.2. The van der Waals surface area contributed by atoms with Crippen LogP contribution in [-0.4, -0.2) is 53.8 Å². The number of thiazole rings is 1. The third-order valence-corrected chi connectivity index (χ3v) is 9.82. The maximum Gasteiger partial charge on any atom is 0.341 e. The summed E-state index contributed by atoms with van der Waals surface area (Å²) in [6, 6.07) is 4.18. The minimum Gasteiger partial charge on any atom is -0.462 e. The lowest BCUT2D eigenvalue weighted by Gasteiger charge is -2.18. The Hall–Kier alpha value is -3.43. The molecule has 1 aromatic carbocycles. The molecule has 1 N–H and O–H groups in total. The molecule has 0 saturated heterocycles. The summed E-state index contributed by atoms with van der Waals surface area (Å²) in [5.41, 5.74) is 1.55. The molecule has 3 aromatic rings. The number of hydrogen-bond donors (Lipinski definition) is 1. The average molecular weight is 595 g/mol. The molecule has 15 heteroatoms. The van der Waals surface area contributed by atoms with Crippen LogP contribution < -0.4 is 10.1 Å². The molecule has 0 fully saturated rings. The van der Waals surface area contributed by atoms with Gasteiger partial charge in [0.2, 0.25) is 5.91 Å². The zero-order chi connectivity index (χ0) is 28.5. The van der Waals surface area contributed by atoms with E-state index in [9.17, 15) is 32.9 Å². The minimum absolute atomic E-state index is 0.122. The normalized spacial score (nSPS) is 15.7. The summed E-state index contributed by atoms with van der Waals surface area (Å²) in [6.45, 7) is 3.93. The van der Waals surface area contributed by atoms with Crippen LogP contribution in [0.5, 0.6) is 0 Å². The van der Waals surface area contributed by atoms with Crippen molar-refractivity contribution >= 4 is 71.2 Å². The van der Waals surface area contributed by atoms with Crippen molar-refractivity contribution in [3.8, 4) is 0 Å². The van der Waals surface area contributed by atoms with Crippen LogP contribution in [0.25, 0.3) is 10.2 Å². The molecule has 4 rings (SSSR count). The van der Waals surface area contributed by atoms with E-state index >= 15 is 0 Å². The second kappa shape index (κ2) is 11.4. The lowest BCUT2D eigenvalue weighted by molar-refractivity contribution is -0.384. The fourth-order valence-electron chi connectivity index (χ4n) is 4.34. The van der Waals surface area contributed by atoms with Crippen LogP contribution in [0.4, 0.5) is 10.7 Å². The first-order chi connectivity index (χ1) is 18.4. The second-order valence-corrected chi connectivity index (χ2v) is 13.4. The van der Waals surface area contributed by atoms with E-state index in [1.165, 1.54) is 34.1 Å². The van der Waals surface area contributed by atoms with Crippen molar-refractivity contribution in [2.75, 3.05) is 23.4 Å². The summed E-state index contributed by atoms with van der Waals surface area (Å²) in [5.74, 6) is -3.98. The van der Waals surface area contributed by atoms with Crippen LogP contribution >= 0.6 is 22.7 Å². The van der Waals surface area contributed by atoms with E-state index < -0.39 is 44.0 Å². The Labute approximate surface area is 231 Å². The molecule has 1 unspecified atom stereocenters. The number of non-ortho nitro benzene ring substituents is 1. The van der Waals surface area contributed by atoms with Crippen molar-refractivity contribution in [1.29, 1.82) is 0 Å². The van der Waals surface area contributed by atoms with Gasteiger partial charge in [0, 0.05) is 24.1 Å². The molecular weight excluding hydrogens is 568 g/mol. The van der Waals surface area contributed by atoms with Crippen molar-refractivity contribution in [2.45, 2.75) is 33.1 Å². The topological polar surface area (TPSA) is 167 Å². The first kappa shape index (κ1) is 28.6. The van der Waals surface area contributed by atoms with E-state index in [0.717, 1.165) is 34.6 Å². The number of aromatic nitrogens is 1. The molecule has 0 aliphatic heterocycles. The van der Waals surface area contributed by atoms with Gasteiger partial charge in [-0.15, -0.1) is 11.3 Å². The number of nitro groups is 1. The number of benzene rings is 1. The van der Waals surface area contributed by atoms with Crippen molar-refractivity contribution in [2.24, 2.45) is 18.0 Å². The predicted molar refractivity (Wildman–Crippen MR) is 147 cm³/mol. The number of fused-ring (bicyclic) bond motifs is 2. The number of hydrogen-bond acceptors (Lipinski definition) is 10. The van der Waals surface area contributed by atoms with Gasteiger partial charge in [-0.05, 0) is 43.7 Å². The SMILES string of the molecule is CCOC(=O)c1c(NC(=O)CS(=O)(=O)CC(=O)N=c2sc3cc([N+](=O)[O-])ccc3n2C)sc2c1CCC(C)C2. The van der Waals surface area contributed by atoms with E-state index in [0.29, 0.717) is 22.6 Å². The Morgan fingerprint density at radius 3 is 2.69 bits per heavy atom. The summed E-state index contributed by atoms with van der Waals surface area (Å²) in [5, 5.41) is 13.8. The van der Waals surface area contributed by atoms with Gasteiger partial charge in [-0.1, -0.05) is 18.3 Å².